The Labute approximate surface area is 65.2 Å². The Morgan fingerprint density at radius 1 is 1.60 bits per heavy atom. The van der Waals surface area contributed by atoms with Crippen molar-refractivity contribution in [3.63, 3.8) is 0 Å². The average Bonchev–Trinajstić information content (AvgIpc) is 1.82. The second-order valence-electron chi connectivity index (χ2n) is 2.25. The summed E-state index contributed by atoms with van der Waals surface area (Å²) < 4.78 is 3.78. The molecule has 0 spiro atoms. The van der Waals surface area contributed by atoms with Gasteiger partial charge in [-0.05, 0) is 0 Å². The number of nitrogens with zero attached hydrogens (tertiary/aromatic N) is 1. The summed E-state index contributed by atoms with van der Waals surface area (Å²) in [6, 6.07) is 0. The third-order valence-corrected chi connectivity index (χ3v) is 1.43. The summed E-state index contributed by atoms with van der Waals surface area (Å²) in [4.78, 5) is 10.4. The van der Waals surface area contributed by atoms with E-state index in [1.165, 1.54) is 6.92 Å². The van der Waals surface area contributed by atoms with Gasteiger partial charge in [0.1, 0.15) is 5.84 Å². The van der Waals surface area contributed by atoms with E-state index < -0.39 is 0 Å². The minimum atomic E-state index is -0.0383. The van der Waals surface area contributed by atoms with Gasteiger partial charge in [-0.25, -0.2) is 0 Å². The monoisotopic (exact) mass is 160 g/mol. The van der Waals surface area contributed by atoms with Crippen molar-refractivity contribution in [1.82, 2.24) is 0 Å². The predicted octanol–water partition coefficient (Wildman–Crippen LogP) is 1.19. The van der Waals surface area contributed by atoms with E-state index >= 15 is 0 Å². The van der Waals surface area contributed by atoms with Crippen molar-refractivity contribution in [2.45, 2.75) is 20.8 Å². The van der Waals surface area contributed by atoms with Crippen molar-refractivity contribution in [3.05, 3.63) is 0 Å². The van der Waals surface area contributed by atoms with Crippen LogP contribution in [0.25, 0.3) is 0 Å². The normalized spacial score (nSPS) is 12.2. The number of rotatable bonds is 2. The minimum absolute atomic E-state index is 0.0383. The molecular formula is C6H12N2OS. The molecule has 0 aliphatic heterocycles. The highest BCUT2D eigenvalue weighted by atomic mass is 32.2. The van der Waals surface area contributed by atoms with Gasteiger partial charge in [-0.1, -0.05) is 13.8 Å². The first kappa shape index (κ1) is 9.49. The van der Waals surface area contributed by atoms with E-state index in [2.05, 4.69) is 4.40 Å². The Morgan fingerprint density at radius 3 is 2.40 bits per heavy atom. The van der Waals surface area contributed by atoms with Gasteiger partial charge in [-0.3, -0.25) is 4.79 Å². The molecule has 4 heteroatoms. The molecule has 2 N–H and O–H groups in total. The Kier molecular flexibility index (Phi) is 4.11. The fourth-order valence-electron chi connectivity index (χ4n) is 0.222. The maximum Gasteiger partial charge on any atom is 0.208 e. The van der Waals surface area contributed by atoms with Crippen LogP contribution in [0.3, 0.4) is 0 Å². The van der Waals surface area contributed by atoms with Gasteiger partial charge in [0.15, 0.2) is 0 Å². The molecule has 0 aromatic rings. The van der Waals surface area contributed by atoms with Crippen LogP contribution in [-0.2, 0) is 4.79 Å². The molecule has 0 saturated heterocycles. The van der Waals surface area contributed by atoms with Crippen LogP contribution in [0.15, 0.2) is 4.40 Å². The second kappa shape index (κ2) is 4.33. The van der Waals surface area contributed by atoms with Gasteiger partial charge in [0, 0.05) is 12.8 Å². The third kappa shape index (κ3) is 4.38. The molecule has 10 heavy (non-hydrogen) atoms. The van der Waals surface area contributed by atoms with Gasteiger partial charge in [0.25, 0.3) is 0 Å². The van der Waals surface area contributed by atoms with Gasteiger partial charge in [-0.15, -0.1) is 0 Å². The third-order valence-electron chi connectivity index (χ3n) is 0.871. The van der Waals surface area contributed by atoms with E-state index in [1.54, 1.807) is 0 Å². The first-order chi connectivity index (χ1) is 4.54. The number of hydrogen-bond donors (Lipinski definition) is 1. The maximum atomic E-state index is 10.4. The number of carbonyl (C=O) groups excluding carboxylic acids is 1. The lowest BCUT2D eigenvalue weighted by Gasteiger charge is -2.00. The summed E-state index contributed by atoms with van der Waals surface area (Å²) in [5.41, 5.74) is 5.44. The van der Waals surface area contributed by atoms with Gasteiger partial charge >= 0.3 is 0 Å². The van der Waals surface area contributed by atoms with Crippen LogP contribution in [-0.4, -0.2) is 11.0 Å². The molecule has 0 aromatic carbocycles. The Morgan fingerprint density at radius 2 is 2.10 bits per heavy atom. The van der Waals surface area contributed by atoms with Gasteiger partial charge in [0.05, 0.1) is 11.9 Å². The fourth-order valence-corrected chi connectivity index (χ4v) is 0.667. The minimum Gasteiger partial charge on any atom is -0.386 e. The quantitative estimate of drug-likeness (QED) is 0.375. The van der Waals surface area contributed by atoms with Crippen LogP contribution in [0.2, 0.25) is 0 Å². The van der Waals surface area contributed by atoms with Gasteiger partial charge < -0.3 is 5.73 Å². The SMILES string of the molecule is CC(=O)S/N=C(/N)C(C)C. The molecule has 0 aliphatic rings. The molecule has 0 aromatic heterocycles. The molecular weight excluding hydrogens is 148 g/mol. The van der Waals surface area contributed by atoms with Crippen LogP contribution in [0.5, 0.6) is 0 Å². The van der Waals surface area contributed by atoms with E-state index in [9.17, 15) is 4.79 Å². The van der Waals surface area contributed by atoms with Crippen LogP contribution in [0.4, 0.5) is 0 Å². The molecule has 0 rings (SSSR count). The lowest BCUT2D eigenvalue weighted by Crippen LogP contribution is -2.17. The lowest BCUT2D eigenvalue weighted by molar-refractivity contribution is -0.109. The van der Waals surface area contributed by atoms with Crippen molar-refractivity contribution in [2.24, 2.45) is 16.0 Å². The first-order valence-electron chi connectivity index (χ1n) is 3.05. The average molecular weight is 160 g/mol. The van der Waals surface area contributed by atoms with Crippen molar-refractivity contribution < 1.29 is 4.79 Å². The zero-order valence-corrected chi connectivity index (χ0v) is 7.23. The topological polar surface area (TPSA) is 55.5 Å². The first-order valence-corrected chi connectivity index (χ1v) is 3.82. The zero-order chi connectivity index (χ0) is 8.15. The Balaban J connectivity index is 3.80. The van der Waals surface area contributed by atoms with Crippen molar-refractivity contribution in [3.8, 4) is 0 Å². The van der Waals surface area contributed by atoms with E-state index in [0.717, 1.165) is 11.9 Å². The molecule has 3 nitrogen and oxygen atoms in total. The standard InChI is InChI=1S/C6H12N2OS/c1-4(2)6(7)8-10-5(3)9/h4H,1-3H3,(H2,7,8). The molecule has 0 aliphatic carbocycles. The number of carbonyl (C=O) groups is 1. The summed E-state index contributed by atoms with van der Waals surface area (Å²) in [7, 11) is 0. The van der Waals surface area contributed by atoms with E-state index in [1.807, 2.05) is 13.8 Å². The molecule has 58 valence electrons. The molecule has 0 amide bonds. The van der Waals surface area contributed by atoms with Crippen LogP contribution in [0, 0.1) is 5.92 Å². The number of hydrogen-bond acceptors (Lipinski definition) is 3. The largest absolute Gasteiger partial charge is 0.386 e. The van der Waals surface area contributed by atoms with Crippen molar-refractivity contribution in [2.75, 3.05) is 0 Å². The molecule has 0 heterocycles. The summed E-state index contributed by atoms with van der Waals surface area (Å²) in [6.45, 7) is 5.32. The smallest absolute Gasteiger partial charge is 0.208 e. The highest BCUT2D eigenvalue weighted by Gasteiger charge is 1.99. The number of nitrogens with two attached hydrogens (primary N) is 1. The number of amidine groups is 1. The summed E-state index contributed by atoms with van der Waals surface area (Å²) in [6.07, 6.45) is 0. The van der Waals surface area contributed by atoms with Crippen LogP contribution in [0.1, 0.15) is 20.8 Å². The Bertz CT molecular complexity index is 154. The summed E-state index contributed by atoms with van der Waals surface area (Å²) in [5.74, 6) is 0.729. The fraction of sp³-hybridized carbons (Fsp3) is 0.667. The molecule has 0 saturated carbocycles. The van der Waals surface area contributed by atoms with E-state index in [4.69, 9.17) is 5.73 Å². The van der Waals surface area contributed by atoms with E-state index in [-0.39, 0.29) is 11.0 Å². The molecule has 0 atom stereocenters. The van der Waals surface area contributed by atoms with Crippen LogP contribution < -0.4 is 5.73 Å². The summed E-state index contributed by atoms with van der Waals surface area (Å²) in [5, 5.41) is -0.0383. The Hall–Kier alpha value is -0.510. The predicted molar refractivity (Wildman–Crippen MR) is 44.7 cm³/mol. The molecule has 0 fully saturated rings. The van der Waals surface area contributed by atoms with E-state index in [0.29, 0.717) is 5.84 Å². The highest BCUT2D eigenvalue weighted by Crippen LogP contribution is 2.04. The van der Waals surface area contributed by atoms with Crippen LogP contribution >= 0.6 is 11.9 Å². The zero-order valence-electron chi connectivity index (χ0n) is 6.42. The second-order valence-corrected chi connectivity index (χ2v) is 3.19. The maximum absolute atomic E-state index is 10.4. The molecule has 0 unspecified atom stereocenters. The molecule has 0 radical (unpaired) electrons. The van der Waals surface area contributed by atoms with Crippen molar-refractivity contribution in [1.29, 1.82) is 0 Å². The van der Waals surface area contributed by atoms with Gasteiger partial charge in [0.2, 0.25) is 5.12 Å². The summed E-state index contributed by atoms with van der Waals surface area (Å²) >= 11 is 0.892. The highest BCUT2D eigenvalue weighted by molar-refractivity contribution is 8.12. The lowest BCUT2D eigenvalue weighted by atomic mass is 10.2. The van der Waals surface area contributed by atoms with Gasteiger partial charge in [-0.2, -0.15) is 4.40 Å². The van der Waals surface area contributed by atoms with Crippen molar-refractivity contribution >= 4 is 22.9 Å². The molecule has 0 bridgehead atoms.